The minimum absolute atomic E-state index is 0.239. The summed E-state index contributed by atoms with van der Waals surface area (Å²) < 4.78 is 5.20. The van der Waals surface area contributed by atoms with Gasteiger partial charge in [0.1, 0.15) is 5.52 Å². The molecule has 0 aliphatic carbocycles. The van der Waals surface area contributed by atoms with Crippen LogP contribution in [0.1, 0.15) is 0 Å². The zero-order valence-corrected chi connectivity index (χ0v) is 14.9. The van der Waals surface area contributed by atoms with Crippen molar-refractivity contribution in [3.05, 3.63) is 77.7 Å². The first-order chi connectivity index (χ1) is 13.7. The summed E-state index contributed by atoms with van der Waals surface area (Å²) in [5, 5.41) is 11.6. The number of aromatic amines is 1. The topological polar surface area (TPSA) is 98.4 Å². The van der Waals surface area contributed by atoms with E-state index in [4.69, 9.17) is 0 Å². The van der Waals surface area contributed by atoms with E-state index in [-0.39, 0.29) is 5.56 Å². The smallest absolute Gasteiger partial charge is 0.277 e. The van der Waals surface area contributed by atoms with Crippen LogP contribution in [-0.2, 0) is 7.05 Å². The lowest BCUT2D eigenvalue weighted by Crippen LogP contribution is -2.13. The van der Waals surface area contributed by atoms with Gasteiger partial charge >= 0.3 is 0 Å². The molecule has 28 heavy (non-hydrogen) atoms. The van der Waals surface area contributed by atoms with E-state index in [1.165, 1.54) is 0 Å². The summed E-state index contributed by atoms with van der Waals surface area (Å²) in [7, 11) is 1.83. The summed E-state index contributed by atoms with van der Waals surface area (Å²) in [6.45, 7) is 0. The number of hydrogen-bond donors (Lipinski definition) is 2. The van der Waals surface area contributed by atoms with E-state index in [1.54, 1.807) is 38.6 Å². The highest BCUT2D eigenvalue weighted by molar-refractivity contribution is 5.78. The molecule has 4 heterocycles. The molecule has 4 aromatic heterocycles. The molecule has 0 unspecified atom stereocenters. The molecule has 0 aliphatic rings. The zero-order valence-electron chi connectivity index (χ0n) is 14.9. The van der Waals surface area contributed by atoms with Crippen LogP contribution >= 0.6 is 0 Å². The van der Waals surface area contributed by atoms with Gasteiger partial charge in [-0.15, -0.1) is 0 Å². The lowest BCUT2D eigenvalue weighted by Gasteiger charge is -2.04. The predicted molar refractivity (Wildman–Crippen MR) is 105 cm³/mol. The number of hydrogen-bond acceptors (Lipinski definition) is 5. The van der Waals surface area contributed by atoms with Gasteiger partial charge in [-0.25, -0.2) is 9.67 Å². The second-order valence-corrected chi connectivity index (χ2v) is 6.34. The van der Waals surface area contributed by atoms with Crippen molar-refractivity contribution >= 4 is 22.7 Å². The third-order valence-corrected chi connectivity index (χ3v) is 4.38. The van der Waals surface area contributed by atoms with Crippen molar-refractivity contribution < 1.29 is 0 Å². The summed E-state index contributed by atoms with van der Waals surface area (Å²) in [6, 6.07) is 11.6. The van der Waals surface area contributed by atoms with E-state index in [9.17, 15) is 4.79 Å². The second-order valence-electron chi connectivity index (χ2n) is 6.34. The highest BCUT2D eigenvalue weighted by atomic mass is 16.1. The fourth-order valence-electron chi connectivity index (χ4n) is 3.11. The molecule has 5 aromatic rings. The van der Waals surface area contributed by atoms with Crippen LogP contribution in [0.2, 0.25) is 0 Å². The van der Waals surface area contributed by atoms with Gasteiger partial charge in [-0.05, 0) is 18.2 Å². The van der Waals surface area contributed by atoms with Crippen LogP contribution in [0.15, 0.2) is 72.2 Å². The number of aromatic nitrogens is 7. The maximum absolute atomic E-state index is 12.7. The Balaban J connectivity index is 1.48. The molecule has 0 saturated heterocycles. The second kappa shape index (κ2) is 6.23. The molecule has 9 heteroatoms. The standard InChI is InChI=1S/C19H16N8O/c1-25-12-15(10-20-25)26-8-7-16-17(26)18(28)24-19(23-16)22-13-9-21-27(11-13)14-5-3-2-4-6-14/h2-12H,1H3,(H2,22,23,24,28). The van der Waals surface area contributed by atoms with Gasteiger partial charge in [-0.3, -0.25) is 14.5 Å². The number of benzene rings is 1. The number of H-pyrrole nitrogens is 1. The SMILES string of the molecule is Cn1cc(-n2ccc3nc(Nc4cnn(-c5ccccc5)c4)[nH]c(=O)c32)cn1. The summed E-state index contributed by atoms with van der Waals surface area (Å²) in [4.78, 5) is 20.0. The fraction of sp³-hybridized carbons (Fsp3) is 0.0526. The number of rotatable bonds is 4. The minimum Gasteiger partial charge on any atom is -0.323 e. The monoisotopic (exact) mass is 372 g/mol. The Hall–Kier alpha value is -4.14. The molecule has 0 radical (unpaired) electrons. The molecule has 0 saturated carbocycles. The molecular weight excluding hydrogens is 356 g/mol. The molecule has 5 rings (SSSR count). The van der Waals surface area contributed by atoms with Crippen molar-refractivity contribution in [2.24, 2.45) is 7.05 Å². The molecular formula is C19H16N8O. The number of aryl methyl sites for hydroxylation is 1. The first-order valence-electron chi connectivity index (χ1n) is 8.65. The van der Waals surface area contributed by atoms with Crippen molar-refractivity contribution in [3.8, 4) is 11.4 Å². The van der Waals surface area contributed by atoms with Crippen LogP contribution in [0.5, 0.6) is 0 Å². The Morgan fingerprint density at radius 2 is 1.86 bits per heavy atom. The minimum atomic E-state index is -0.239. The van der Waals surface area contributed by atoms with Gasteiger partial charge in [0.05, 0.1) is 41.2 Å². The van der Waals surface area contributed by atoms with Crippen LogP contribution in [0.3, 0.4) is 0 Å². The zero-order chi connectivity index (χ0) is 19.1. The van der Waals surface area contributed by atoms with Gasteiger partial charge in [0.15, 0.2) is 0 Å². The van der Waals surface area contributed by atoms with Crippen LogP contribution in [0.4, 0.5) is 11.6 Å². The summed E-state index contributed by atoms with van der Waals surface area (Å²) in [5.74, 6) is 0.356. The largest absolute Gasteiger partial charge is 0.323 e. The van der Waals surface area contributed by atoms with Gasteiger partial charge in [-0.2, -0.15) is 10.2 Å². The Kier molecular flexibility index (Phi) is 3.58. The highest BCUT2D eigenvalue weighted by Gasteiger charge is 2.12. The predicted octanol–water partition coefficient (Wildman–Crippen LogP) is 2.38. The first kappa shape index (κ1) is 16.1. The number of nitrogens with zero attached hydrogens (tertiary/aromatic N) is 6. The maximum Gasteiger partial charge on any atom is 0.277 e. The average molecular weight is 372 g/mol. The van der Waals surface area contributed by atoms with E-state index < -0.39 is 0 Å². The normalized spacial score (nSPS) is 11.2. The van der Waals surface area contributed by atoms with Crippen LogP contribution in [0, 0.1) is 0 Å². The first-order valence-corrected chi connectivity index (χ1v) is 8.65. The number of para-hydroxylation sites is 1. The summed E-state index contributed by atoms with van der Waals surface area (Å²) in [6.07, 6.45) is 8.85. The van der Waals surface area contributed by atoms with Gasteiger partial charge in [0, 0.05) is 19.4 Å². The third-order valence-electron chi connectivity index (χ3n) is 4.38. The number of nitrogens with one attached hydrogen (secondary N) is 2. The molecule has 0 spiro atoms. The molecule has 9 nitrogen and oxygen atoms in total. The number of anilines is 2. The molecule has 138 valence electrons. The lowest BCUT2D eigenvalue weighted by atomic mass is 10.3. The Morgan fingerprint density at radius 1 is 1.00 bits per heavy atom. The fourth-order valence-corrected chi connectivity index (χ4v) is 3.11. The molecule has 0 bridgehead atoms. The van der Waals surface area contributed by atoms with Crippen molar-refractivity contribution in [1.29, 1.82) is 0 Å². The van der Waals surface area contributed by atoms with Gasteiger partial charge < -0.3 is 9.88 Å². The molecule has 1 aromatic carbocycles. The van der Waals surface area contributed by atoms with E-state index in [2.05, 4.69) is 25.5 Å². The van der Waals surface area contributed by atoms with Crippen LogP contribution in [0.25, 0.3) is 22.4 Å². The molecule has 0 atom stereocenters. The maximum atomic E-state index is 12.7. The van der Waals surface area contributed by atoms with E-state index >= 15 is 0 Å². The Labute approximate surface area is 158 Å². The third kappa shape index (κ3) is 2.75. The molecule has 0 aliphatic heterocycles. The van der Waals surface area contributed by atoms with Gasteiger partial charge in [-0.1, -0.05) is 18.2 Å². The lowest BCUT2D eigenvalue weighted by molar-refractivity contribution is 0.767. The molecule has 0 amide bonds. The van der Waals surface area contributed by atoms with Crippen LogP contribution in [-0.4, -0.2) is 34.1 Å². The summed E-state index contributed by atoms with van der Waals surface area (Å²) in [5.41, 5.74) is 3.29. The highest BCUT2D eigenvalue weighted by Crippen LogP contribution is 2.18. The number of fused-ring (bicyclic) bond motifs is 1. The van der Waals surface area contributed by atoms with Crippen LogP contribution < -0.4 is 10.9 Å². The summed E-state index contributed by atoms with van der Waals surface area (Å²) >= 11 is 0. The van der Waals surface area contributed by atoms with E-state index in [0.29, 0.717) is 17.0 Å². The van der Waals surface area contributed by atoms with Crippen molar-refractivity contribution in [2.45, 2.75) is 0 Å². The van der Waals surface area contributed by atoms with Crippen molar-refractivity contribution in [1.82, 2.24) is 34.1 Å². The molecule has 2 N–H and O–H groups in total. The van der Waals surface area contributed by atoms with Gasteiger partial charge in [0.25, 0.3) is 5.56 Å². The van der Waals surface area contributed by atoms with Gasteiger partial charge in [0.2, 0.25) is 5.95 Å². The molecule has 0 fully saturated rings. The van der Waals surface area contributed by atoms with Crippen molar-refractivity contribution in [3.63, 3.8) is 0 Å². The average Bonchev–Trinajstić information content (AvgIpc) is 3.42. The Bertz CT molecular complexity index is 1330. The van der Waals surface area contributed by atoms with Crippen molar-refractivity contribution in [2.75, 3.05) is 5.32 Å². The van der Waals surface area contributed by atoms with E-state index in [1.807, 2.05) is 49.8 Å². The van der Waals surface area contributed by atoms with E-state index in [0.717, 1.165) is 17.1 Å². The quantitative estimate of drug-likeness (QED) is 0.505. The Morgan fingerprint density at radius 3 is 2.64 bits per heavy atom.